The molecule has 5 heteroatoms. The van der Waals surface area contributed by atoms with Crippen molar-refractivity contribution in [1.82, 2.24) is 15.3 Å². The minimum atomic E-state index is -0.200. The highest BCUT2D eigenvalue weighted by Crippen LogP contribution is 2.26. The Kier molecular flexibility index (Phi) is 4.39. The normalized spacial score (nSPS) is 15.2. The second-order valence-electron chi connectivity index (χ2n) is 6.33. The summed E-state index contributed by atoms with van der Waals surface area (Å²) in [6.07, 6.45) is 5.65. The summed E-state index contributed by atoms with van der Waals surface area (Å²) in [4.78, 5) is 21.3. The molecule has 1 aromatic carbocycles. The van der Waals surface area contributed by atoms with Gasteiger partial charge in [-0.15, -0.1) is 0 Å². The molecular formula is C20H20N4O. The molecule has 0 radical (unpaired) electrons. The van der Waals surface area contributed by atoms with Gasteiger partial charge < -0.3 is 10.6 Å². The van der Waals surface area contributed by atoms with Gasteiger partial charge >= 0.3 is 0 Å². The molecule has 5 nitrogen and oxygen atoms in total. The summed E-state index contributed by atoms with van der Waals surface area (Å²) in [5, 5.41) is 7.32. The van der Waals surface area contributed by atoms with Crippen LogP contribution in [0.25, 0.3) is 10.9 Å². The van der Waals surface area contributed by atoms with E-state index in [0.29, 0.717) is 17.3 Å². The number of hydrogen-bond acceptors (Lipinski definition) is 4. The average Bonchev–Trinajstić information content (AvgIpc) is 2.69. The average molecular weight is 332 g/mol. The van der Waals surface area contributed by atoms with Gasteiger partial charge in [-0.2, -0.15) is 0 Å². The molecule has 2 N–H and O–H groups in total. The zero-order chi connectivity index (χ0) is 17.1. The number of fused-ring (bicyclic) bond motifs is 1. The first-order valence-electron chi connectivity index (χ1n) is 8.63. The van der Waals surface area contributed by atoms with Crippen LogP contribution in [0.5, 0.6) is 0 Å². The lowest BCUT2D eigenvalue weighted by molar-refractivity contribution is 0.102. The van der Waals surface area contributed by atoms with Gasteiger partial charge in [-0.25, -0.2) is 0 Å². The van der Waals surface area contributed by atoms with Crippen molar-refractivity contribution in [3.63, 3.8) is 0 Å². The van der Waals surface area contributed by atoms with E-state index < -0.39 is 0 Å². The van der Waals surface area contributed by atoms with E-state index in [2.05, 4.69) is 20.6 Å². The van der Waals surface area contributed by atoms with Crippen LogP contribution < -0.4 is 10.6 Å². The highest BCUT2D eigenvalue weighted by atomic mass is 16.1. The Morgan fingerprint density at radius 1 is 1.04 bits per heavy atom. The fraction of sp³-hybridized carbons (Fsp3) is 0.250. The van der Waals surface area contributed by atoms with Crippen LogP contribution >= 0.6 is 0 Å². The maximum Gasteiger partial charge on any atom is 0.274 e. The fourth-order valence-corrected chi connectivity index (χ4v) is 3.37. The van der Waals surface area contributed by atoms with E-state index in [1.807, 2.05) is 42.5 Å². The number of aromatic nitrogens is 2. The number of rotatable bonds is 3. The Bertz CT molecular complexity index is 898. The van der Waals surface area contributed by atoms with Crippen molar-refractivity contribution in [3.05, 3.63) is 66.1 Å². The van der Waals surface area contributed by atoms with Gasteiger partial charge in [-0.3, -0.25) is 14.8 Å². The van der Waals surface area contributed by atoms with Crippen molar-refractivity contribution in [2.24, 2.45) is 0 Å². The van der Waals surface area contributed by atoms with E-state index in [0.717, 1.165) is 36.8 Å². The van der Waals surface area contributed by atoms with Crippen molar-refractivity contribution >= 4 is 22.5 Å². The van der Waals surface area contributed by atoms with Crippen molar-refractivity contribution in [3.8, 4) is 0 Å². The van der Waals surface area contributed by atoms with Gasteiger partial charge in [0.15, 0.2) is 0 Å². The Hall–Kier alpha value is -2.79. The maximum atomic E-state index is 12.7. The van der Waals surface area contributed by atoms with Gasteiger partial charge in [0.2, 0.25) is 0 Å². The summed E-state index contributed by atoms with van der Waals surface area (Å²) in [6.45, 7) is 2.05. The van der Waals surface area contributed by atoms with Crippen LogP contribution in [0.15, 0.2) is 54.9 Å². The summed E-state index contributed by atoms with van der Waals surface area (Å²) >= 11 is 0. The Balaban J connectivity index is 1.58. The third-order valence-electron chi connectivity index (χ3n) is 4.71. The van der Waals surface area contributed by atoms with Crippen LogP contribution in [-0.2, 0) is 0 Å². The van der Waals surface area contributed by atoms with Crippen molar-refractivity contribution < 1.29 is 4.79 Å². The zero-order valence-corrected chi connectivity index (χ0v) is 13.9. The lowest BCUT2D eigenvalue weighted by atomic mass is 9.90. The summed E-state index contributed by atoms with van der Waals surface area (Å²) in [6, 6.07) is 13.6. The molecule has 0 saturated carbocycles. The second-order valence-corrected chi connectivity index (χ2v) is 6.33. The van der Waals surface area contributed by atoms with Crippen LogP contribution in [-0.4, -0.2) is 29.0 Å². The second kappa shape index (κ2) is 6.99. The SMILES string of the molecule is O=C(Nc1cccc2cccnc12)c1cc(C2CCNCC2)ccn1. The van der Waals surface area contributed by atoms with E-state index in [-0.39, 0.29) is 5.91 Å². The van der Waals surface area contributed by atoms with E-state index >= 15 is 0 Å². The van der Waals surface area contributed by atoms with Gasteiger partial charge in [-0.1, -0.05) is 18.2 Å². The molecular weight excluding hydrogens is 312 g/mol. The van der Waals surface area contributed by atoms with Gasteiger partial charge in [-0.05, 0) is 61.7 Å². The number of nitrogens with one attached hydrogen (secondary N) is 2. The standard InChI is InChI=1S/C20H20N4O/c25-20(24-17-5-1-3-15-4-2-9-23-19(15)17)18-13-16(8-12-22-18)14-6-10-21-11-7-14/h1-5,8-9,12-14,21H,6-7,10-11H2,(H,24,25). The first-order chi connectivity index (χ1) is 12.3. The topological polar surface area (TPSA) is 66.9 Å². The number of carbonyl (C=O) groups excluding carboxylic acids is 1. The van der Waals surface area contributed by atoms with Crippen LogP contribution in [0, 0.1) is 0 Å². The molecule has 0 aliphatic carbocycles. The van der Waals surface area contributed by atoms with Gasteiger partial charge in [0.25, 0.3) is 5.91 Å². The van der Waals surface area contributed by atoms with Crippen molar-refractivity contribution in [2.45, 2.75) is 18.8 Å². The number of benzene rings is 1. The number of anilines is 1. The monoisotopic (exact) mass is 332 g/mol. The molecule has 126 valence electrons. The van der Waals surface area contributed by atoms with Crippen LogP contribution in [0.4, 0.5) is 5.69 Å². The number of pyridine rings is 2. The number of piperidine rings is 1. The lowest BCUT2D eigenvalue weighted by Crippen LogP contribution is -2.26. The van der Waals surface area contributed by atoms with Crippen LogP contribution in [0.1, 0.15) is 34.8 Å². The zero-order valence-electron chi connectivity index (χ0n) is 13.9. The molecule has 1 aliphatic heterocycles. The van der Waals surface area contributed by atoms with E-state index in [4.69, 9.17) is 0 Å². The van der Waals surface area contributed by atoms with E-state index in [1.54, 1.807) is 12.4 Å². The first kappa shape index (κ1) is 15.7. The minimum absolute atomic E-state index is 0.200. The highest BCUT2D eigenvalue weighted by molar-refractivity contribution is 6.07. The molecule has 1 fully saturated rings. The predicted molar refractivity (Wildman–Crippen MR) is 98.8 cm³/mol. The van der Waals surface area contributed by atoms with E-state index in [1.165, 1.54) is 5.56 Å². The molecule has 25 heavy (non-hydrogen) atoms. The number of hydrogen-bond donors (Lipinski definition) is 2. The molecule has 3 heterocycles. The molecule has 4 rings (SSSR count). The quantitative estimate of drug-likeness (QED) is 0.772. The number of carbonyl (C=O) groups is 1. The molecule has 1 aliphatic rings. The molecule has 1 saturated heterocycles. The third kappa shape index (κ3) is 3.37. The molecule has 0 unspecified atom stereocenters. The maximum absolute atomic E-state index is 12.7. The molecule has 2 aromatic heterocycles. The van der Waals surface area contributed by atoms with Crippen LogP contribution in [0.3, 0.4) is 0 Å². The molecule has 0 atom stereocenters. The number of nitrogens with zero attached hydrogens (tertiary/aromatic N) is 2. The van der Waals surface area contributed by atoms with Gasteiger partial charge in [0.05, 0.1) is 11.2 Å². The van der Waals surface area contributed by atoms with Crippen molar-refractivity contribution in [2.75, 3.05) is 18.4 Å². The largest absolute Gasteiger partial charge is 0.319 e. The van der Waals surface area contributed by atoms with Gasteiger partial charge in [0.1, 0.15) is 5.69 Å². The van der Waals surface area contributed by atoms with Gasteiger partial charge in [0, 0.05) is 17.8 Å². The summed E-state index contributed by atoms with van der Waals surface area (Å²) in [5.74, 6) is 0.295. The Morgan fingerprint density at radius 2 is 1.88 bits per heavy atom. The summed E-state index contributed by atoms with van der Waals surface area (Å²) in [7, 11) is 0. The predicted octanol–water partition coefficient (Wildman–Crippen LogP) is 3.35. The smallest absolute Gasteiger partial charge is 0.274 e. The third-order valence-corrected chi connectivity index (χ3v) is 4.71. The minimum Gasteiger partial charge on any atom is -0.319 e. The Morgan fingerprint density at radius 3 is 2.76 bits per heavy atom. The first-order valence-corrected chi connectivity index (χ1v) is 8.63. The molecule has 0 spiro atoms. The molecule has 1 amide bonds. The molecule has 0 bridgehead atoms. The van der Waals surface area contributed by atoms with Crippen LogP contribution in [0.2, 0.25) is 0 Å². The summed E-state index contributed by atoms with van der Waals surface area (Å²) < 4.78 is 0. The Labute approximate surface area is 146 Å². The summed E-state index contributed by atoms with van der Waals surface area (Å²) in [5.41, 5.74) is 3.13. The fourth-order valence-electron chi connectivity index (χ4n) is 3.37. The highest BCUT2D eigenvalue weighted by Gasteiger charge is 2.17. The van der Waals surface area contributed by atoms with E-state index in [9.17, 15) is 4.79 Å². The number of para-hydroxylation sites is 1. The molecule has 3 aromatic rings. The van der Waals surface area contributed by atoms with Crippen molar-refractivity contribution in [1.29, 1.82) is 0 Å². The number of amides is 1. The lowest BCUT2D eigenvalue weighted by Gasteiger charge is -2.23.